The highest BCUT2D eigenvalue weighted by Gasteiger charge is 2.37. The SMILES string of the molecule is C[C@H](COCCC(=O)O)Nc1cn[nH]c(=O)c1C(F)(F)F. The summed E-state index contributed by atoms with van der Waals surface area (Å²) in [5.41, 5.74) is -3.16. The number of aliphatic carboxylic acids is 1. The summed E-state index contributed by atoms with van der Waals surface area (Å²) in [6.45, 7) is 1.46. The first-order chi connectivity index (χ1) is 9.71. The largest absolute Gasteiger partial charge is 0.481 e. The molecule has 0 spiro atoms. The first kappa shape index (κ1) is 17.0. The fourth-order valence-corrected chi connectivity index (χ4v) is 1.52. The van der Waals surface area contributed by atoms with E-state index in [1.54, 1.807) is 5.10 Å². The Labute approximate surface area is 117 Å². The molecule has 0 bridgehead atoms. The maximum Gasteiger partial charge on any atom is 0.423 e. The van der Waals surface area contributed by atoms with Crippen LogP contribution >= 0.6 is 0 Å². The standard InChI is InChI=1S/C11H14F3N3O4/c1-6(5-21-3-2-8(18)19)16-7-4-15-17-10(20)9(7)11(12,13)14/h4,6H,2-3,5H2,1H3,(H,18,19)(H2,16,17,20)/t6-/m1/s1. The molecule has 1 aromatic heterocycles. The van der Waals surface area contributed by atoms with E-state index in [9.17, 15) is 22.8 Å². The molecule has 0 fully saturated rings. The van der Waals surface area contributed by atoms with Crippen LogP contribution in [0, 0.1) is 0 Å². The van der Waals surface area contributed by atoms with Crippen molar-refractivity contribution in [2.24, 2.45) is 0 Å². The van der Waals surface area contributed by atoms with E-state index in [-0.39, 0.29) is 19.6 Å². The number of aromatic amines is 1. The van der Waals surface area contributed by atoms with Crippen molar-refractivity contribution in [3.05, 3.63) is 22.1 Å². The fourth-order valence-electron chi connectivity index (χ4n) is 1.52. The normalized spacial score (nSPS) is 13.0. The van der Waals surface area contributed by atoms with Gasteiger partial charge in [0, 0.05) is 6.04 Å². The van der Waals surface area contributed by atoms with E-state index in [0.29, 0.717) is 0 Å². The van der Waals surface area contributed by atoms with Crippen LogP contribution in [0.15, 0.2) is 11.0 Å². The zero-order valence-corrected chi connectivity index (χ0v) is 11.0. The first-order valence-corrected chi connectivity index (χ1v) is 5.92. The van der Waals surface area contributed by atoms with Gasteiger partial charge in [0.2, 0.25) is 0 Å². The highest BCUT2D eigenvalue weighted by molar-refractivity contribution is 5.66. The number of H-pyrrole nitrogens is 1. The molecule has 0 saturated heterocycles. The van der Waals surface area contributed by atoms with E-state index >= 15 is 0 Å². The van der Waals surface area contributed by atoms with Gasteiger partial charge in [-0.1, -0.05) is 0 Å². The Bertz CT molecular complexity index is 544. The number of carboxylic acids is 1. The Morgan fingerprint density at radius 3 is 2.81 bits per heavy atom. The molecule has 21 heavy (non-hydrogen) atoms. The van der Waals surface area contributed by atoms with E-state index < -0.39 is 35.0 Å². The lowest BCUT2D eigenvalue weighted by molar-refractivity contribution is -0.139. The second kappa shape index (κ2) is 7.07. The number of halogens is 3. The van der Waals surface area contributed by atoms with Gasteiger partial charge in [-0.25, -0.2) is 5.10 Å². The molecule has 10 heteroatoms. The Morgan fingerprint density at radius 2 is 2.24 bits per heavy atom. The number of aromatic nitrogens is 2. The zero-order valence-electron chi connectivity index (χ0n) is 11.0. The van der Waals surface area contributed by atoms with Gasteiger partial charge in [-0.2, -0.15) is 18.3 Å². The van der Waals surface area contributed by atoms with Crippen LogP contribution in [-0.2, 0) is 15.7 Å². The Kier molecular flexibility index (Phi) is 5.70. The van der Waals surface area contributed by atoms with Crippen LogP contribution in [0.1, 0.15) is 18.9 Å². The van der Waals surface area contributed by atoms with Crippen LogP contribution in [0.2, 0.25) is 0 Å². The number of alkyl halides is 3. The van der Waals surface area contributed by atoms with Crippen LogP contribution in [0.3, 0.4) is 0 Å². The van der Waals surface area contributed by atoms with E-state index in [2.05, 4.69) is 10.4 Å². The maximum absolute atomic E-state index is 12.8. The maximum atomic E-state index is 12.8. The highest BCUT2D eigenvalue weighted by Crippen LogP contribution is 2.31. The highest BCUT2D eigenvalue weighted by atomic mass is 19.4. The van der Waals surface area contributed by atoms with Crippen molar-refractivity contribution in [1.82, 2.24) is 10.2 Å². The second-order valence-electron chi connectivity index (χ2n) is 4.25. The van der Waals surface area contributed by atoms with Gasteiger partial charge < -0.3 is 15.2 Å². The van der Waals surface area contributed by atoms with E-state index in [4.69, 9.17) is 9.84 Å². The third-order valence-electron chi connectivity index (χ3n) is 2.37. The van der Waals surface area contributed by atoms with E-state index in [1.165, 1.54) is 6.92 Å². The van der Waals surface area contributed by atoms with Crippen molar-refractivity contribution in [1.29, 1.82) is 0 Å². The van der Waals surface area contributed by atoms with Crippen molar-refractivity contribution in [2.75, 3.05) is 18.5 Å². The molecular weight excluding hydrogens is 295 g/mol. The monoisotopic (exact) mass is 309 g/mol. The summed E-state index contributed by atoms with van der Waals surface area (Å²) in [6, 6.07) is -0.566. The minimum Gasteiger partial charge on any atom is -0.481 e. The number of carbonyl (C=O) groups is 1. The molecule has 1 rings (SSSR count). The predicted molar refractivity (Wildman–Crippen MR) is 66.0 cm³/mol. The molecule has 0 amide bonds. The lowest BCUT2D eigenvalue weighted by Crippen LogP contribution is -2.29. The third kappa shape index (κ3) is 5.42. The molecule has 7 nitrogen and oxygen atoms in total. The summed E-state index contributed by atoms with van der Waals surface area (Å²) in [5.74, 6) is -1.03. The van der Waals surface area contributed by atoms with Gasteiger partial charge in [-0.05, 0) is 6.92 Å². The Morgan fingerprint density at radius 1 is 1.57 bits per heavy atom. The number of carboxylic acid groups (broad SMARTS) is 1. The van der Waals surface area contributed by atoms with Crippen LogP contribution in [0.5, 0.6) is 0 Å². The summed E-state index contributed by atoms with van der Waals surface area (Å²) in [6.07, 6.45) is -4.16. The van der Waals surface area contributed by atoms with Crippen molar-refractivity contribution < 1.29 is 27.8 Å². The number of hydrogen-bond acceptors (Lipinski definition) is 5. The van der Waals surface area contributed by atoms with Crippen LogP contribution in [0.25, 0.3) is 0 Å². The molecule has 0 unspecified atom stereocenters. The number of anilines is 1. The van der Waals surface area contributed by atoms with Gasteiger partial charge in [0.25, 0.3) is 5.56 Å². The van der Waals surface area contributed by atoms with Crippen molar-refractivity contribution in [3.63, 3.8) is 0 Å². The zero-order chi connectivity index (χ0) is 16.0. The molecule has 1 aromatic rings. The molecule has 0 aliphatic carbocycles. The fraction of sp³-hybridized carbons (Fsp3) is 0.545. The van der Waals surface area contributed by atoms with Crippen LogP contribution in [0.4, 0.5) is 18.9 Å². The number of hydrogen-bond donors (Lipinski definition) is 3. The molecule has 0 aliphatic rings. The molecule has 118 valence electrons. The van der Waals surface area contributed by atoms with Crippen LogP contribution < -0.4 is 10.9 Å². The Balaban J connectivity index is 2.68. The quantitative estimate of drug-likeness (QED) is 0.651. The predicted octanol–water partition coefficient (Wildman–Crippen LogP) is 1.08. The number of nitrogens with one attached hydrogen (secondary N) is 2. The summed E-state index contributed by atoms with van der Waals surface area (Å²) < 4.78 is 43.3. The molecule has 0 aliphatic heterocycles. The Hall–Kier alpha value is -2.10. The molecule has 0 saturated carbocycles. The topological polar surface area (TPSA) is 104 Å². The minimum atomic E-state index is -4.82. The molecule has 1 heterocycles. The molecule has 3 N–H and O–H groups in total. The minimum absolute atomic E-state index is 0.0165. The summed E-state index contributed by atoms with van der Waals surface area (Å²) in [5, 5.41) is 15.9. The number of ether oxygens (including phenoxy) is 1. The average Bonchev–Trinajstić information content (AvgIpc) is 2.32. The van der Waals surface area contributed by atoms with Crippen molar-refractivity contribution in [3.8, 4) is 0 Å². The summed E-state index contributed by atoms with van der Waals surface area (Å²) in [4.78, 5) is 21.5. The van der Waals surface area contributed by atoms with Gasteiger partial charge in [0.15, 0.2) is 0 Å². The molecule has 0 aromatic carbocycles. The summed E-state index contributed by atoms with van der Waals surface area (Å²) in [7, 11) is 0. The smallest absolute Gasteiger partial charge is 0.423 e. The molecular formula is C11H14F3N3O4. The number of rotatable bonds is 7. The molecule has 0 radical (unpaired) electrons. The first-order valence-electron chi connectivity index (χ1n) is 5.92. The van der Waals surface area contributed by atoms with Gasteiger partial charge in [0.05, 0.1) is 31.5 Å². The number of nitrogens with zero attached hydrogens (tertiary/aromatic N) is 1. The van der Waals surface area contributed by atoms with E-state index in [0.717, 1.165) is 6.20 Å². The van der Waals surface area contributed by atoms with Crippen molar-refractivity contribution >= 4 is 11.7 Å². The lowest BCUT2D eigenvalue weighted by Gasteiger charge is -2.18. The second-order valence-corrected chi connectivity index (χ2v) is 4.25. The lowest BCUT2D eigenvalue weighted by atomic mass is 10.2. The third-order valence-corrected chi connectivity index (χ3v) is 2.37. The van der Waals surface area contributed by atoms with Gasteiger partial charge in [-0.15, -0.1) is 0 Å². The van der Waals surface area contributed by atoms with Crippen LogP contribution in [-0.4, -0.2) is 40.5 Å². The molecule has 1 atom stereocenters. The van der Waals surface area contributed by atoms with E-state index in [1.807, 2.05) is 0 Å². The van der Waals surface area contributed by atoms with Gasteiger partial charge in [-0.3, -0.25) is 9.59 Å². The van der Waals surface area contributed by atoms with Gasteiger partial charge in [0.1, 0.15) is 5.56 Å². The summed E-state index contributed by atoms with van der Waals surface area (Å²) >= 11 is 0. The average molecular weight is 309 g/mol. The van der Waals surface area contributed by atoms with Gasteiger partial charge >= 0.3 is 12.1 Å². The van der Waals surface area contributed by atoms with Crippen molar-refractivity contribution in [2.45, 2.75) is 25.6 Å².